The molecule has 112 valence electrons. The van der Waals surface area contributed by atoms with Gasteiger partial charge in [0.15, 0.2) is 0 Å². The van der Waals surface area contributed by atoms with Gasteiger partial charge in [-0.05, 0) is 34.6 Å². The number of halogens is 1. The maximum Gasteiger partial charge on any atom is 0.0825 e. The van der Waals surface area contributed by atoms with E-state index in [-0.39, 0.29) is 12.4 Å². The number of nitrogens with zero attached hydrogens (tertiary/aromatic N) is 4. The van der Waals surface area contributed by atoms with E-state index in [4.69, 9.17) is 0 Å². The van der Waals surface area contributed by atoms with Gasteiger partial charge in [0.25, 0.3) is 0 Å². The number of anilines is 1. The van der Waals surface area contributed by atoms with E-state index in [0.29, 0.717) is 6.04 Å². The zero-order valence-electron chi connectivity index (χ0n) is 12.8. The van der Waals surface area contributed by atoms with Crippen LogP contribution in [0.5, 0.6) is 0 Å². The molecule has 0 radical (unpaired) electrons. The minimum atomic E-state index is 0. The van der Waals surface area contributed by atoms with Gasteiger partial charge in [-0.1, -0.05) is 0 Å². The van der Waals surface area contributed by atoms with Crippen LogP contribution in [0.15, 0.2) is 12.4 Å². The van der Waals surface area contributed by atoms with Crippen molar-refractivity contribution in [3.8, 4) is 0 Å². The van der Waals surface area contributed by atoms with Crippen LogP contribution in [-0.2, 0) is 13.1 Å². The van der Waals surface area contributed by atoms with E-state index in [0.717, 1.165) is 30.2 Å². The second-order valence-corrected chi connectivity index (χ2v) is 5.15. The highest BCUT2D eigenvalue weighted by atomic mass is 35.5. The number of aryl methyl sites for hydroxylation is 3. The van der Waals surface area contributed by atoms with Crippen molar-refractivity contribution in [1.29, 1.82) is 0 Å². The molecule has 0 bridgehead atoms. The van der Waals surface area contributed by atoms with Gasteiger partial charge >= 0.3 is 0 Å². The van der Waals surface area contributed by atoms with Crippen LogP contribution in [-0.4, -0.2) is 19.6 Å². The number of nitrogens with one attached hydrogen (secondary N) is 1. The lowest BCUT2D eigenvalue weighted by Crippen LogP contribution is -2.01. The van der Waals surface area contributed by atoms with Crippen molar-refractivity contribution in [2.75, 3.05) is 5.32 Å². The first-order valence-electron chi connectivity index (χ1n) is 6.83. The summed E-state index contributed by atoms with van der Waals surface area (Å²) >= 11 is 0. The Morgan fingerprint density at radius 2 is 1.85 bits per heavy atom. The molecule has 20 heavy (non-hydrogen) atoms. The number of hydrogen-bond acceptors (Lipinski definition) is 3. The number of aromatic nitrogens is 4. The minimum absolute atomic E-state index is 0. The minimum Gasteiger partial charge on any atom is -0.378 e. The summed E-state index contributed by atoms with van der Waals surface area (Å²) in [6, 6.07) is 0.388. The van der Waals surface area contributed by atoms with Crippen molar-refractivity contribution in [3.63, 3.8) is 0 Å². The van der Waals surface area contributed by atoms with E-state index in [1.165, 1.54) is 5.56 Å². The van der Waals surface area contributed by atoms with Crippen LogP contribution < -0.4 is 5.32 Å². The van der Waals surface area contributed by atoms with Crippen LogP contribution >= 0.6 is 12.4 Å². The molecular formula is C14H24ClN5. The monoisotopic (exact) mass is 297 g/mol. The summed E-state index contributed by atoms with van der Waals surface area (Å²) in [7, 11) is 0. The second kappa shape index (κ2) is 6.79. The third-order valence-corrected chi connectivity index (χ3v) is 3.29. The third kappa shape index (κ3) is 3.54. The normalized spacial score (nSPS) is 10.7. The summed E-state index contributed by atoms with van der Waals surface area (Å²) in [6.45, 7) is 12.1. The molecule has 0 atom stereocenters. The maximum absolute atomic E-state index is 4.50. The fraction of sp³-hybridized carbons (Fsp3) is 0.571. The summed E-state index contributed by atoms with van der Waals surface area (Å²) in [5, 5.41) is 12.4. The number of rotatable bonds is 5. The Labute approximate surface area is 126 Å². The van der Waals surface area contributed by atoms with Gasteiger partial charge in [-0.15, -0.1) is 12.4 Å². The molecule has 2 aromatic rings. The Hall–Kier alpha value is -1.49. The van der Waals surface area contributed by atoms with Crippen LogP contribution in [0.3, 0.4) is 0 Å². The van der Waals surface area contributed by atoms with Gasteiger partial charge in [0, 0.05) is 37.1 Å². The van der Waals surface area contributed by atoms with Crippen molar-refractivity contribution < 1.29 is 0 Å². The highest BCUT2D eigenvalue weighted by Gasteiger charge is 2.08. The van der Waals surface area contributed by atoms with Crippen molar-refractivity contribution in [2.45, 2.75) is 53.8 Å². The third-order valence-electron chi connectivity index (χ3n) is 3.29. The van der Waals surface area contributed by atoms with Crippen LogP contribution in [0, 0.1) is 13.8 Å². The van der Waals surface area contributed by atoms with Gasteiger partial charge < -0.3 is 5.32 Å². The smallest absolute Gasteiger partial charge is 0.0825 e. The highest BCUT2D eigenvalue weighted by Crippen LogP contribution is 2.17. The first-order valence-corrected chi connectivity index (χ1v) is 6.83. The SMILES string of the molecule is CCn1cc(CNc2cn(C(C)C)nc2C)c(C)n1.Cl. The van der Waals surface area contributed by atoms with E-state index in [1.807, 2.05) is 23.2 Å². The van der Waals surface area contributed by atoms with E-state index in [9.17, 15) is 0 Å². The molecule has 6 heteroatoms. The first-order chi connectivity index (χ1) is 9.01. The largest absolute Gasteiger partial charge is 0.378 e. The molecule has 0 unspecified atom stereocenters. The Kier molecular flexibility index (Phi) is 5.62. The lowest BCUT2D eigenvalue weighted by Gasteiger charge is -2.04. The van der Waals surface area contributed by atoms with E-state index in [2.05, 4.69) is 48.7 Å². The van der Waals surface area contributed by atoms with Gasteiger partial charge in [0.05, 0.1) is 17.1 Å². The highest BCUT2D eigenvalue weighted by molar-refractivity contribution is 5.85. The zero-order chi connectivity index (χ0) is 14.0. The van der Waals surface area contributed by atoms with Gasteiger partial charge in [0.2, 0.25) is 0 Å². The fourth-order valence-electron chi connectivity index (χ4n) is 2.00. The van der Waals surface area contributed by atoms with E-state index >= 15 is 0 Å². The summed E-state index contributed by atoms with van der Waals surface area (Å²) in [6.07, 6.45) is 4.17. The molecule has 0 saturated heterocycles. The predicted molar refractivity (Wildman–Crippen MR) is 84.6 cm³/mol. The molecule has 0 fully saturated rings. The van der Waals surface area contributed by atoms with E-state index < -0.39 is 0 Å². The lowest BCUT2D eigenvalue weighted by molar-refractivity contribution is 0.529. The second-order valence-electron chi connectivity index (χ2n) is 5.15. The summed E-state index contributed by atoms with van der Waals surface area (Å²) in [5.41, 5.74) is 4.45. The summed E-state index contributed by atoms with van der Waals surface area (Å²) in [5.74, 6) is 0. The first kappa shape index (κ1) is 16.6. The summed E-state index contributed by atoms with van der Waals surface area (Å²) in [4.78, 5) is 0. The van der Waals surface area contributed by atoms with Crippen molar-refractivity contribution in [1.82, 2.24) is 19.6 Å². The molecule has 5 nitrogen and oxygen atoms in total. The Bertz CT molecular complexity index is 556. The molecule has 2 aromatic heterocycles. The van der Waals surface area contributed by atoms with Crippen molar-refractivity contribution in [2.24, 2.45) is 0 Å². The Morgan fingerprint density at radius 1 is 1.15 bits per heavy atom. The van der Waals surface area contributed by atoms with Crippen LogP contribution in [0.2, 0.25) is 0 Å². The van der Waals surface area contributed by atoms with Gasteiger partial charge in [0.1, 0.15) is 0 Å². The van der Waals surface area contributed by atoms with Gasteiger partial charge in [-0.3, -0.25) is 9.36 Å². The predicted octanol–water partition coefficient (Wildman–Crippen LogP) is 3.33. The Balaban J connectivity index is 0.00000200. The molecule has 0 saturated carbocycles. The fourth-order valence-corrected chi connectivity index (χ4v) is 2.00. The molecule has 0 aliphatic rings. The van der Waals surface area contributed by atoms with Crippen molar-refractivity contribution >= 4 is 18.1 Å². The Morgan fingerprint density at radius 3 is 2.35 bits per heavy atom. The quantitative estimate of drug-likeness (QED) is 0.921. The zero-order valence-corrected chi connectivity index (χ0v) is 13.7. The average molecular weight is 298 g/mol. The molecule has 0 spiro atoms. The molecule has 0 amide bonds. The standard InChI is InChI=1S/C14H23N5.ClH/c1-6-18-8-13(11(4)16-18)7-15-14-9-19(10(2)3)17-12(14)5;/h8-10,15H,6-7H2,1-5H3;1H. The average Bonchev–Trinajstić information content (AvgIpc) is 2.90. The molecule has 1 N–H and O–H groups in total. The van der Waals surface area contributed by atoms with Crippen LogP contribution in [0.4, 0.5) is 5.69 Å². The lowest BCUT2D eigenvalue weighted by atomic mass is 10.2. The van der Waals surface area contributed by atoms with Crippen molar-refractivity contribution in [3.05, 3.63) is 29.3 Å². The number of hydrogen-bond donors (Lipinski definition) is 1. The topological polar surface area (TPSA) is 47.7 Å². The van der Waals surface area contributed by atoms with Crippen LogP contribution in [0.1, 0.15) is 43.8 Å². The molecule has 0 aliphatic carbocycles. The molecule has 2 rings (SSSR count). The molecule has 2 heterocycles. The maximum atomic E-state index is 4.50. The molecular weight excluding hydrogens is 274 g/mol. The van der Waals surface area contributed by atoms with Gasteiger partial charge in [-0.25, -0.2) is 0 Å². The summed E-state index contributed by atoms with van der Waals surface area (Å²) < 4.78 is 3.96. The van der Waals surface area contributed by atoms with E-state index in [1.54, 1.807) is 0 Å². The molecule has 0 aromatic carbocycles. The molecule has 0 aliphatic heterocycles. The van der Waals surface area contributed by atoms with Crippen LogP contribution in [0.25, 0.3) is 0 Å². The van der Waals surface area contributed by atoms with Gasteiger partial charge in [-0.2, -0.15) is 10.2 Å².